The van der Waals surface area contributed by atoms with Crippen molar-refractivity contribution in [2.24, 2.45) is 0 Å². The van der Waals surface area contributed by atoms with E-state index in [1.54, 1.807) is 0 Å². The van der Waals surface area contributed by atoms with Crippen molar-refractivity contribution in [1.82, 2.24) is 0 Å². The monoisotopic (exact) mass is 218 g/mol. The molecule has 0 saturated carbocycles. The predicted molar refractivity (Wildman–Crippen MR) is 77.6 cm³/mol. The van der Waals surface area contributed by atoms with E-state index in [4.69, 9.17) is 0 Å². The molecular formula is C16H26. The van der Waals surface area contributed by atoms with Crippen molar-refractivity contribution in [3.05, 3.63) is 59.8 Å². The second-order valence-corrected chi connectivity index (χ2v) is 3.32. The Bertz CT molecular complexity index is 292. The second-order valence-electron chi connectivity index (χ2n) is 3.32. The Morgan fingerprint density at radius 2 is 1.56 bits per heavy atom. The number of allylic oxidation sites excluding steroid dienone is 9. The van der Waals surface area contributed by atoms with Crippen LogP contribution in [-0.2, 0) is 0 Å². The van der Waals surface area contributed by atoms with Gasteiger partial charge in [-0.25, -0.2) is 0 Å². The Balaban J connectivity index is 0. The molecule has 0 atom stereocenters. The Morgan fingerprint density at radius 3 is 1.88 bits per heavy atom. The third kappa shape index (κ3) is 8.05. The third-order valence-corrected chi connectivity index (χ3v) is 1.78. The zero-order chi connectivity index (χ0) is 13.0. The summed E-state index contributed by atoms with van der Waals surface area (Å²) in [6.07, 6.45) is 12.3. The lowest BCUT2D eigenvalue weighted by Gasteiger charge is -2.02. The predicted octanol–water partition coefficient (Wildman–Crippen LogP) is 5.61. The van der Waals surface area contributed by atoms with E-state index in [0.717, 1.165) is 5.57 Å². The molecule has 0 N–H and O–H groups in total. The highest BCUT2D eigenvalue weighted by molar-refractivity contribution is 5.47. The van der Waals surface area contributed by atoms with Crippen molar-refractivity contribution in [2.75, 3.05) is 0 Å². The molecule has 0 aliphatic heterocycles. The highest BCUT2D eigenvalue weighted by Gasteiger charge is 1.95. The quantitative estimate of drug-likeness (QED) is 0.538. The second kappa shape index (κ2) is 11.8. The molecule has 0 heteroatoms. The summed E-state index contributed by atoms with van der Waals surface area (Å²) in [7, 11) is 0. The van der Waals surface area contributed by atoms with Crippen LogP contribution in [0.2, 0.25) is 0 Å². The summed E-state index contributed by atoms with van der Waals surface area (Å²) in [6, 6.07) is 0. The maximum atomic E-state index is 3.82. The molecule has 16 heavy (non-hydrogen) atoms. The molecule has 0 fully saturated rings. The van der Waals surface area contributed by atoms with Crippen LogP contribution in [0.15, 0.2) is 59.8 Å². The van der Waals surface area contributed by atoms with Gasteiger partial charge in [0.05, 0.1) is 0 Å². The number of rotatable bonds is 4. The maximum Gasteiger partial charge on any atom is -0.0193 e. The highest BCUT2D eigenvalue weighted by atomic mass is 14.0. The van der Waals surface area contributed by atoms with E-state index in [2.05, 4.69) is 38.7 Å². The lowest BCUT2D eigenvalue weighted by atomic mass is 10.0. The molecule has 0 unspecified atom stereocenters. The molecule has 0 saturated heterocycles. The van der Waals surface area contributed by atoms with Crippen LogP contribution >= 0.6 is 0 Å². The van der Waals surface area contributed by atoms with Gasteiger partial charge in [0.1, 0.15) is 0 Å². The zero-order valence-electron chi connectivity index (χ0n) is 11.7. The largest absolute Gasteiger partial charge is 0.0984 e. The first-order chi connectivity index (χ1) is 7.65. The van der Waals surface area contributed by atoms with Gasteiger partial charge in [-0.05, 0) is 38.8 Å². The van der Waals surface area contributed by atoms with E-state index in [9.17, 15) is 0 Å². The first kappa shape index (κ1) is 17.1. The topological polar surface area (TPSA) is 0 Å². The zero-order valence-corrected chi connectivity index (χ0v) is 11.7. The molecule has 0 spiro atoms. The molecule has 0 heterocycles. The van der Waals surface area contributed by atoms with Crippen LogP contribution in [0.4, 0.5) is 0 Å². The molecular weight excluding hydrogens is 192 g/mol. The summed E-state index contributed by atoms with van der Waals surface area (Å²) in [5.74, 6) is 0. The van der Waals surface area contributed by atoms with E-state index in [1.165, 1.54) is 11.1 Å². The average Bonchev–Trinajstić information content (AvgIpc) is 2.30. The fourth-order valence-corrected chi connectivity index (χ4v) is 1.13. The first-order valence-electron chi connectivity index (χ1n) is 5.92. The van der Waals surface area contributed by atoms with Crippen LogP contribution in [0, 0.1) is 0 Å². The lowest BCUT2D eigenvalue weighted by molar-refractivity contribution is 1.35. The smallest absolute Gasteiger partial charge is 0.0193 e. The molecule has 0 rings (SSSR count). The highest BCUT2D eigenvalue weighted by Crippen LogP contribution is 2.14. The Morgan fingerprint density at radius 1 is 1.00 bits per heavy atom. The minimum absolute atomic E-state index is 1.16. The molecule has 0 aliphatic rings. The molecule has 0 aliphatic carbocycles. The van der Waals surface area contributed by atoms with Gasteiger partial charge in [0.2, 0.25) is 0 Å². The molecule has 0 aromatic carbocycles. The van der Waals surface area contributed by atoms with E-state index in [0.29, 0.717) is 0 Å². The fraction of sp³-hybridized carbons (Fsp3) is 0.375. The van der Waals surface area contributed by atoms with Gasteiger partial charge in [-0.3, -0.25) is 0 Å². The van der Waals surface area contributed by atoms with Crippen LogP contribution in [-0.4, -0.2) is 0 Å². The number of hydrogen-bond donors (Lipinski definition) is 0. The van der Waals surface area contributed by atoms with Gasteiger partial charge < -0.3 is 0 Å². The molecule has 0 radical (unpaired) electrons. The Kier molecular flexibility index (Phi) is 12.6. The molecule has 90 valence electrons. The minimum atomic E-state index is 1.16. The van der Waals surface area contributed by atoms with Gasteiger partial charge in [0.25, 0.3) is 0 Å². The summed E-state index contributed by atoms with van der Waals surface area (Å²) >= 11 is 0. The van der Waals surface area contributed by atoms with E-state index < -0.39 is 0 Å². The van der Waals surface area contributed by atoms with Gasteiger partial charge in [-0.15, -0.1) is 0 Å². The van der Waals surface area contributed by atoms with Crippen LogP contribution in [0.1, 0.15) is 41.5 Å². The van der Waals surface area contributed by atoms with Gasteiger partial charge in [0, 0.05) is 0 Å². The summed E-state index contributed by atoms with van der Waals surface area (Å²) < 4.78 is 0. The summed E-state index contributed by atoms with van der Waals surface area (Å²) in [6.45, 7) is 16.1. The fourth-order valence-electron chi connectivity index (χ4n) is 1.13. The Labute approximate surface area is 102 Å². The average molecular weight is 218 g/mol. The number of hydrogen-bond acceptors (Lipinski definition) is 0. The summed E-state index contributed by atoms with van der Waals surface area (Å²) in [4.78, 5) is 0. The van der Waals surface area contributed by atoms with E-state index in [-0.39, 0.29) is 0 Å². The molecule has 0 aromatic rings. The van der Waals surface area contributed by atoms with Crippen LogP contribution in [0.25, 0.3) is 0 Å². The van der Waals surface area contributed by atoms with Crippen molar-refractivity contribution in [3.8, 4) is 0 Å². The van der Waals surface area contributed by atoms with Crippen LogP contribution in [0.3, 0.4) is 0 Å². The minimum Gasteiger partial charge on any atom is -0.0984 e. The van der Waals surface area contributed by atoms with Crippen molar-refractivity contribution in [2.45, 2.75) is 41.5 Å². The van der Waals surface area contributed by atoms with Gasteiger partial charge >= 0.3 is 0 Å². The standard InChI is InChI=1S/C14H20.C2H6/c1-6-9-10-13(7-2)14(8-3)11-12(4)5;1-2/h6-11H,2H2,1,3-5H3;1-2H3/b9-6-,13-10+,14-8+;. The van der Waals surface area contributed by atoms with Crippen molar-refractivity contribution >= 4 is 0 Å². The first-order valence-corrected chi connectivity index (χ1v) is 5.92. The Hall–Kier alpha value is -1.30. The normalized spacial score (nSPS) is 11.9. The maximum absolute atomic E-state index is 3.82. The van der Waals surface area contributed by atoms with Crippen LogP contribution in [0.5, 0.6) is 0 Å². The summed E-state index contributed by atoms with van der Waals surface area (Å²) in [5.41, 5.74) is 3.68. The van der Waals surface area contributed by atoms with E-state index in [1.807, 2.05) is 45.9 Å². The SMILES string of the molecule is C=CC(=C\C=C/C)/C(C=C(C)C)=C/C.CC. The lowest BCUT2D eigenvalue weighted by Crippen LogP contribution is -1.83. The molecule has 0 bridgehead atoms. The molecule has 0 nitrogen and oxygen atoms in total. The van der Waals surface area contributed by atoms with Crippen molar-refractivity contribution in [1.29, 1.82) is 0 Å². The van der Waals surface area contributed by atoms with Gasteiger partial charge in [-0.2, -0.15) is 0 Å². The molecule has 0 aromatic heterocycles. The van der Waals surface area contributed by atoms with Gasteiger partial charge in [0.15, 0.2) is 0 Å². The third-order valence-electron chi connectivity index (χ3n) is 1.78. The van der Waals surface area contributed by atoms with Gasteiger partial charge in [-0.1, -0.05) is 62.5 Å². The van der Waals surface area contributed by atoms with Crippen molar-refractivity contribution in [3.63, 3.8) is 0 Å². The van der Waals surface area contributed by atoms with Crippen molar-refractivity contribution < 1.29 is 0 Å². The molecule has 0 amide bonds. The van der Waals surface area contributed by atoms with E-state index >= 15 is 0 Å². The summed E-state index contributed by atoms with van der Waals surface area (Å²) in [5, 5.41) is 0. The van der Waals surface area contributed by atoms with Crippen LogP contribution < -0.4 is 0 Å².